The molecule has 9 heteroatoms. The van der Waals surface area contributed by atoms with Gasteiger partial charge in [0.2, 0.25) is 11.6 Å². The molecule has 0 aliphatic rings. The van der Waals surface area contributed by atoms with E-state index in [1.54, 1.807) is 33.5 Å². The molecule has 0 unspecified atom stereocenters. The number of thioether (sulfide) groups is 1. The van der Waals surface area contributed by atoms with Crippen molar-refractivity contribution < 1.29 is 32.9 Å². The van der Waals surface area contributed by atoms with Crippen LogP contribution in [-0.4, -0.2) is 51.8 Å². The SMILES string of the molecule is COC(=O)CSCc1cccc(OCCc2nc(-c3cc(OC)c(OC)c(OC)c3)oc2C)c1. The van der Waals surface area contributed by atoms with Gasteiger partial charge in [0.15, 0.2) is 11.5 Å². The van der Waals surface area contributed by atoms with E-state index < -0.39 is 0 Å². The van der Waals surface area contributed by atoms with Gasteiger partial charge in [0.1, 0.15) is 11.5 Å². The molecule has 0 aliphatic carbocycles. The minimum Gasteiger partial charge on any atom is -0.493 e. The molecule has 0 amide bonds. The maximum atomic E-state index is 11.3. The number of aryl methyl sites for hydroxylation is 1. The normalized spacial score (nSPS) is 10.6. The number of benzene rings is 2. The highest BCUT2D eigenvalue weighted by Gasteiger charge is 2.18. The lowest BCUT2D eigenvalue weighted by Crippen LogP contribution is -2.04. The fourth-order valence-corrected chi connectivity index (χ4v) is 4.09. The molecule has 0 saturated heterocycles. The van der Waals surface area contributed by atoms with Gasteiger partial charge >= 0.3 is 5.97 Å². The van der Waals surface area contributed by atoms with Crippen molar-refractivity contribution in [1.82, 2.24) is 4.98 Å². The molecular weight excluding hydrogens is 458 g/mol. The van der Waals surface area contributed by atoms with E-state index in [1.165, 1.54) is 18.9 Å². The van der Waals surface area contributed by atoms with Crippen molar-refractivity contribution in [1.29, 1.82) is 0 Å². The van der Waals surface area contributed by atoms with Gasteiger partial charge in [0.25, 0.3) is 0 Å². The van der Waals surface area contributed by atoms with Crippen molar-refractivity contribution in [2.24, 2.45) is 0 Å². The highest BCUT2D eigenvalue weighted by molar-refractivity contribution is 7.99. The first-order chi connectivity index (χ1) is 16.5. The topological polar surface area (TPSA) is 89.3 Å². The zero-order chi connectivity index (χ0) is 24.5. The summed E-state index contributed by atoms with van der Waals surface area (Å²) in [6.45, 7) is 2.32. The monoisotopic (exact) mass is 487 g/mol. The third-order valence-electron chi connectivity index (χ3n) is 5.03. The van der Waals surface area contributed by atoms with E-state index in [-0.39, 0.29) is 5.97 Å². The van der Waals surface area contributed by atoms with Crippen molar-refractivity contribution in [2.75, 3.05) is 40.8 Å². The third kappa shape index (κ3) is 6.38. The van der Waals surface area contributed by atoms with Crippen LogP contribution in [0, 0.1) is 6.92 Å². The van der Waals surface area contributed by atoms with E-state index in [4.69, 9.17) is 23.4 Å². The van der Waals surface area contributed by atoms with Gasteiger partial charge in [0.05, 0.1) is 46.5 Å². The fraction of sp³-hybridized carbons (Fsp3) is 0.360. The molecule has 0 spiro atoms. The summed E-state index contributed by atoms with van der Waals surface area (Å²) in [5.74, 6) is 4.32. The van der Waals surface area contributed by atoms with Crippen molar-refractivity contribution in [2.45, 2.75) is 19.1 Å². The summed E-state index contributed by atoms with van der Waals surface area (Å²) in [5.41, 5.74) is 2.61. The summed E-state index contributed by atoms with van der Waals surface area (Å²) < 4.78 is 32.7. The molecule has 0 saturated carbocycles. The molecule has 34 heavy (non-hydrogen) atoms. The lowest BCUT2D eigenvalue weighted by atomic mass is 10.2. The summed E-state index contributed by atoms with van der Waals surface area (Å²) >= 11 is 1.50. The van der Waals surface area contributed by atoms with E-state index in [2.05, 4.69) is 9.72 Å². The van der Waals surface area contributed by atoms with Crippen LogP contribution in [0.25, 0.3) is 11.5 Å². The Hall–Kier alpha value is -3.33. The fourth-order valence-electron chi connectivity index (χ4n) is 3.29. The van der Waals surface area contributed by atoms with Crippen LogP contribution in [-0.2, 0) is 21.7 Å². The second-order valence-electron chi connectivity index (χ2n) is 7.25. The second-order valence-corrected chi connectivity index (χ2v) is 8.24. The van der Waals surface area contributed by atoms with E-state index in [1.807, 2.05) is 31.2 Å². The molecule has 0 N–H and O–H groups in total. The molecule has 0 atom stereocenters. The first kappa shape index (κ1) is 25.3. The highest BCUT2D eigenvalue weighted by Crippen LogP contribution is 2.41. The number of methoxy groups -OCH3 is 4. The molecule has 3 aromatic rings. The van der Waals surface area contributed by atoms with Crippen LogP contribution in [0.1, 0.15) is 17.0 Å². The molecule has 1 aromatic heterocycles. The summed E-state index contributed by atoms with van der Waals surface area (Å²) in [5, 5.41) is 0. The predicted molar refractivity (Wildman–Crippen MR) is 130 cm³/mol. The van der Waals surface area contributed by atoms with Crippen LogP contribution in [0.4, 0.5) is 0 Å². The van der Waals surface area contributed by atoms with Gasteiger partial charge < -0.3 is 28.1 Å². The number of rotatable bonds is 12. The maximum absolute atomic E-state index is 11.3. The third-order valence-corrected chi connectivity index (χ3v) is 6.00. The average molecular weight is 488 g/mol. The number of aromatic nitrogens is 1. The molecule has 182 valence electrons. The van der Waals surface area contributed by atoms with Crippen molar-refractivity contribution >= 4 is 17.7 Å². The smallest absolute Gasteiger partial charge is 0.315 e. The highest BCUT2D eigenvalue weighted by atomic mass is 32.2. The molecule has 0 aliphatic heterocycles. The maximum Gasteiger partial charge on any atom is 0.315 e. The summed E-state index contributed by atoms with van der Waals surface area (Å²) in [4.78, 5) is 15.9. The average Bonchev–Trinajstić information content (AvgIpc) is 3.23. The molecule has 2 aromatic carbocycles. The van der Waals surface area contributed by atoms with Crippen LogP contribution in [0.15, 0.2) is 40.8 Å². The number of ether oxygens (including phenoxy) is 5. The molecule has 0 radical (unpaired) electrons. The zero-order valence-electron chi connectivity index (χ0n) is 20.0. The first-order valence-corrected chi connectivity index (χ1v) is 11.8. The van der Waals surface area contributed by atoms with Gasteiger partial charge in [-0.05, 0) is 36.8 Å². The minimum atomic E-state index is -0.230. The number of esters is 1. The van der Waals surface area contributed by atoms with Gasteiger partial charge in [-0.3, -0.25) is 4.79 Å². The van der Waals surface area contributed by atoms with Crippen LogP contribution >= 0.6 is 11.8 Å². The van der Waals surface area contributed by atoms with Crippen molar-refractivity contribution in [3.8, 4) is 34.5 Å². The molecular formula is C25H29NO7S. The van der Waals surface area contributed by atoms with Gasteiger partial charge in [-0.2, -0.15) is 0 Å². The number of hydrogen-bond acceptors (Lipinski definition) is 9. The Bertz CT molecular complexity index is 1090. The van der Waals surface area contributed by atoms with Crippen LogP contribution in [0.3, 0.4) is 0 Å². The van der Waals surface area contributed by atoms with Gasteiger partial charge in [-0.25, -0.2) is 4.98 Å². The zero-order valence-corrected chi connectivity index (χ0v) is 20.8. The van der Waals surface area contributed by atoms with E-state index >= 15 is 0 Å². The standard InChI is InChI=1S/C25H29NO7S/c1-16-20(9-10-32-19-8-6-7-17(11-19)14-34-15-23(27)30-4)26-25(33-16)18-12-21(28-2)24(31-5)22(13-18)29-3/h6-8,11-13H,9-10,14-15H2,1-5H3. The Morgan fingerprint density at radius 2 is 1.76 bits per heavy atom. The summed E-state index contributed by atoms with van der Waals surface area (Å²) in [7, 11) is 6.08. The summed E-state index contributed by atoms with van der Waals surface area (Å²) in [6.07, 6.45) is 0.584. The van der Waals surface area contributed by atoms with Gasteiger partial charge in [0, 0.05) is 17.7 Å². The van der Waals surface area contributed by atoms with Crippen molar-refractivity contribution in [3.05, 3.63) is 53.4 Å². The Balaban J connectivity index is 1.63. The van der Waals surface area contributed by atoms with Gasteiger partial charge in [-0.15, -0.1) is 11.8 Å². The summed E-state index contributed by atoms with van der Waals surface area (Å²) in [6, 6.07) is 11.4. The van der Waals surface area contributed by atoms with Crippen molar-refractivity contribution in [3.63, 3.8) is 0 Å². The lowest BCUT2D eigenvalue weighted by molar-refractivity contribution is -0.137. The predicted octanol–water partition coefficient (Wildman–Crippen LogP) is 4.70. The minimum absolute atomic E-state index is 0.230. The molecule has 0 bridgehead atoms. The van der Waals surface area contributed by atoms with Crippen LogP contribution in [0.5, 0.6) is 23.0 Å². The van der Waals surface area contributed by atoms with Crippen LogP contribution in [0.2, 0.25) is 0 Å². The number of carbonyl (C=O) groups is 1. The molecule has 1 heterocycles. The largest absolute Gasteiger partial charge is 0.493 e. The molecule has 0 fully saturated rings. The number of carbonyl (C=O) groups excluding carboxylic acids is 1. The molecule has 8 nitrogen and oxygen atoms in total. The second kappa shape index (κ2) is 12.2. The Kier molecular flexibility index (Phi) is 9.09. The van der Waals surface area contributed by atoms with Crippen LogP contribution < -0.4 is 18.9 Å². The first-order valence-electron chi connectivity index (χ1n) is 10.6. The lowest BCUT2D eigenvalue weighted by Gasteiger charge is -2.12. The number of nitrogens with zero attached hydrogens (tertiary/aromatic N) is 1. The van der Waals surface area contributed by atoms with E-state index in [0.29, 0.717) is 47.7 Å². The number of hydrogen-bond donors (Lipinski definition) is 0. The Labute approximate surface area is 203 Å². The number of oxazole rings is 1. The van der Waals surface area contributed by atoms with E-state index in [9.17, 15) is 4.79 Å². The molecule has 3 rings (SSSR count). The quantitative estimate of drug-likeness (QED) is 0.337. The van der Waals surface area contributed by atoms with E-state index in [0.717, 1.165) is 28.3 Å². The van der Waals surface area contributed by atoms with Gasteiger partial charge in [-0.1, -0.05) is 12.1 Å². The Morgan fingerprint density at radius 3 is 2.41 bits per heavy atom. The Morgan fingerprint density at radius 1 is 1.03 bits per heavy atom.